The fourth-order valence-electron chi connectivity index (χ4n) is 2.97. The number of oxazole rings is 1. The van der Waals surface area contributed by atoms with Crippen molar-refractivity contribution in [2.45, 2.75) is 39.3 Å². The van der Waals surface area contributed by atoms with Crippen LogP contribution in [-0.2, 0) is 4.74 Å². The number of carbonyl (C=O) groups excluding carboxylic acids is 1. The van der Waals surface area contributed by atoms with Gasteiger partial charge in [-0.05, 0) is 49.7 Å². The quantitative estimate of drug-likeness (QED) is 0.627. The minimum Gasteiger partial charge on any atom is -0.444 e. The van der Waals surface area contributed by atoms with Crippen molar-refractivity contribution in [2.75, 3.05) is 24.5 Å². The first kappa shape index (κ1) is 19.8. The van der Waals surface area contributed by atoms with E-state index in [1.54, 1.807) is 11.0 Å². The van der Waals surface area contributed by atoms with E-state index in [1.165, 1.54) is 0 Å². The molecule has 2 aromatic rings. The van der Waals surface area contributed by atoms with Crippen molar-refractivity contribution >= 4 is 50.7 Å². The van der Waals surface area contributed by atoms with Crippen molar-refractivity contribution in [1.29, 1.82) is 5.26 Å². The molecule has 1 aliphatic heterocycles. The molecule has 1 aromatic heterocycles. The lowest BCUT2D eigenvalue weighted by molar-refractivity contribution is 0.0216. The fraction of sp³-hybridized carbons (Fsp3) is 0.500. The second kappa shape index (κ2) is 7.21. The first-order valence-electron chi connectivity index (χ1n) is 8.54. The molecular weight excluding hydrogens is 436 g/mol. The molecule has 1 aromatic carbocycles. The van der Waals surface area contributed by atoms with Crippen molar-refractivity contribution in [2.24, 2.45) is 0 Å². The van der Waals surface area contributed by atoms with Crippen LogP contribution in [0, 0.1) is 11.3 Å². The van der Waals surface area contributed by atoms with Crippen LogP contribution in [0.15, 0.2) is 15.0 Å². The maximum atomic E-state index is 12.3. The van der Waals surface area contributed by atoms with Crippen LogP contribution >= 0.6 is 27.5 Å². The second-order valence-corrected chi connectivity index (χ2v) is 8.73. The molecule has 3 rings (SSSR count). The number of hydrogen-bond donors (Lipinski definition) is 0. The molecule has 0 aliphatic carbocycles. The maximum absolute atomic E-state index is 12.3. The van der Waals surface area contributed by atoms with Gasteiger partial charge in [0, 0.05) is 25.7 Å². The number of ether oxygens (including phenoxy) is 1. The van der Waals surface area contributed by atoms with Gasteiger partial charge in [0.1, 0.15) is 22.8 Å². The molecule has 9 heteroatoms. The van der Waals surface area contributed by atoms with Gasteiger partial charge in [0.05, 0.1) is 9.50 Å². The average Bonchev–Trinajstić information content (AvgIpc) is 2.98. The molecule has 144 valence electrons. The first-order chi connectivity index (χ1) is 12.6. The van der Waals surface area contributed by atoms with Gasteiger partial charge in [-0.25, -0.2) is 4.79 Å². The highest BCUT2D eigenvalue weighted by atomic mass is 79.9. The van der Waals surface area contributed by atoms with Gasteiger partial charge in [0.2, 0.25) is 0 Å². The van der Waals surface area contributed by atoms with Crippen LogP contribution in [-0.4, -0.2) is 47.3 Å². The summed E-state index contributed by atoms with van der Waals surface area (Å²) in [5.41, 5.74) is 0.656. The number of nitrogens with zero attached hydrogens (tertiary/aromatic N) is 4. The van der Waals surface area contributed by atoms with Gasteiger partial charge in [-0.15, -0.1) is 0 Å². The van der Waals surface area contributed by atoms with E-state index in [0.717, 1.165) is 0 Å². The Bertz CT molecular complexity index is 931. The Kier molecular flexibility index (Phi) is 5.28. The van der Waals surface area contributed by atoms with Crippen LogP contribution in [0.4, 0.5) is 10.8 Å². The number of halogens is 2. The Labute approximate surface area is 170 Å². The van der Waals surface area contributed by atoms with E-state index >= 15 is 0 Å². The van der Waals surface area contributed by atoms with Crippen molar-refractivity contribution in [3.8, 4) is 6.07 Å². The summed E-state index contributed by atoms with van der Waals surface area (Å²) in [6.07, 6.45) is -0.326. The van der Waals surface area contributed by atoms with E-state index in [2.05, 4.69) is 27.0 Å². The Morgan fingerprint density at radius 3 is 2.78 bits per heavy atom. The molecule has 1 fully saturated rings. The molecule has 0 spiro atoms. The molecule has 1 aliphatic rings. The number of hydrogen-bond acceptors (Lipinski definition) is 6. The van der Waals surface area contributed by atoms with Crippen LogP contribution < -0.4 is 4.90 Å². The van der Waals surface area contributed by atoms with E-state index < -0.39 is 5.60 Å². The van der Waals surface area contributed by atoms with E-state index in [-0.39, 0.29) is 17.7 Å². The molecule has 1 amide bonds. The number of nitriles is 1. The summed E-state index contributed by atoms with van der Waals surface area (Å²) in [7, 11) is 0. The summed E-state index contributed by atoms with van der Waals surface area (Å²) >= 11 is 9.54. The Morgan fingerprint density at radius 1 is 1.48 bits per heavy atom. The third-order valence-electron chi connectivity index (χ3n) is 4.20. The zero-order valence-electron chi connectivity index (χ0n) is 15.5. The summed E-state index contributed by atoms with van der Waals surface area (Å²) in [5.74, 6) is 0. The van der Waals surface area contributed by atoms with Gasteiger partial charge >= 0.3 is 6.09 Å². The average molecular weight is 456 g/mol. The molecule has 0 N–H and O–H groups in total. The lowest BCUT2D eigenvalue weighted by atomic mass is 10.2. The highest BCUT2D eigenvalue weighted by Crippen LogP contribution is 2.35. The molecule has 27 heavy (non-hydrogen) atoms. The number of benzene rings is 1. The zero-order valence-corrected chi connectivity index (χ0v) is 17.9. The smallest absolute Gasteiger partial charge is 0.410 e. The maximum Gasteiger partial charge on any atom is 0.410 e. The molecule has 0 bridgehead atoms. The minimum atomic E-state index is -0.531. The fourth-order valence-corrected chi connectivity index (χ4v) is 3.84. The van der Waals surface area contributed by atoms with Gasteiger partial charge in [-0.2, -0.15) is 10.2 Å². The van der Waals surface area contributed by atoms with Crippen LogP contribution in [0.1, 0.15) is 33.3 Å². The molecule has 2 heterocycles. The zero-order chi connectivity index (χ0) is 19.9. The Morgan fingerprint density at radius 2 is 2.19 bits per heavy atom. The predicted octanol–water partition coefficient (Wildman–Crippen LogP) is 4.56. The number of piperazine rings is 1. The highest BCUT2D eigenvalue weighted by Gasteiger charge is 2.32. The van der Waals surface area contributed by atoms with Crippen LogP contribution in [0.25, 0.3) is 11.1 Å². The molecule has 7 nitrogen and oxygen atoms in total. The second-order valence-electron chi connectivity index (χ2n) is 7.47. The summed E-state index contributed by atoms with van der Waals surface area (Å²) in [4.78, 5) is 20.5. The third-order valence-corrected chi connectivity index (χ3v) is 5.09. The van der Waals surface area contributed by atoms with E-state index in [4.69, 9.17) is 20.8 Å². The molecule has 1 atom stereocenters. The van der Waals surface area contributed by atoms with Crippen molar-refractivity contribution in [3.05, 3.63) is 21.1 Å². The largest absolute Gasteiger partial charge is 0.444 e. The van der Waals surface area contributed by atoms with Crippen LogP contribution in [0.3, 0.4) is 0 Å². The van der Waals surface area contributed by atoms with E-state index in [9.17, 15) is 10.1 Å². The SMILES string of the molecule is C[C@H]1CN(C(=O)OC(C)(C)C)CCN1c1nc2c(C#N)c(Cl)cc(Br)c2o1. The summed E-state index contributed by atoms with van der Waals surface area (Å²) in [6, 6.07) is 4.07. The lowest BCUT2D eigenvalue weighted by Crippen LogP contribution is -2.54. The number of aromatic nitrogens is 1. The minimum absolute atomic E-state index is 0.0286. The Balaban J connectivity index is 1.84. The number of amides is 1. The molecule has 1 saturated heterocycles. The number of anilines is 1. The lowest BCUT2D eigenvalue weighted by Gasteiger charge is -2.39. The van der Waals surface area contributed by atoms with Gasteiger partial charge < -0.3 is 19.0 Å². The van der Waals surface area contributed by atoms with Gasteiger partial charge in [-0.3, -0.25) is 0 Å². The van der Waals surface area contributed by atoms with Gasteiger partial charge in [-0.1, -0.05) is 11.6 Å². The van der Waals surface area contributed by atoms with E-state index in [1.807, 2.05) is 32.6 Å². The number of fused-ring (bicyclic) bond motifs is 1. The monoisotopic (exact) mass is 454 g/mol. The highest BCUT2D eigenvalue weighted by molar-refractivity contribution is 9.10. The van der Waals surface area contributed by atoms with E-state index in [0.29, 0.717) is 46.2 Å². The summed E-state index contributed by atoms with van der Waals surface area (Å²) in [5, 5.41) is 9.68. The first-order valence-corrected chi connectivity index (χ1v) is 9.71. The molecule has 0 unspecified atom stereocenters. The summed E-state index contributed by atoms with van der Waals surface area (Å²) in [6.45, 7) is 9.04. The molecular formula is C18H20BrClN4O3. The van der Waals surface area contributed by atoms with Crippen LogP contribution in [0.2, 0.25) is 5.02 Å². The standard InChI is InChI=1S/C18H20BrClN4O3/c1-10-9-23(17(25)27-18(2,3)4)5-6-24(10)16-22-14-11(8-21)13(20)7-12(19)15(14)26-16/h7,10H,5-6,9H2,1-4H3/t10-/m0/s1. The van der Waals surface area contributed by atoms with Crippen LogP contribution in [0.5, 0.6) is 0 Å². The molecule has 0 saturated carbocycles. The predicted molar refractivity (Wildman–Crippen MR) is 106 cm³/mol. The summed E-state index contributed by atoms with van der Waals surface area (Å²) < 4.78 is 12.0. The topological polar surface area (TPSA) is 82.6 Å². The van der Waals surface area contributed by atoms with Gasteiger partial charge in [0.15, 0.2) is 5.58 Å². The van der Waals surface area contributed by atoms with Crippen molar-refractivity contribution in [3.63, 3.8) is 0 Å². The number of rotatable bonds is 1. The van der Waals surface area contributed by atoms with Crippen molar-refractivity contribution in [1.82, 2.24) is 9.88 Å². The third kappa shape index (κ3) is 3.99. The molecule has 0 radical (unpaired) electrons. The van der Waals surface area contributed by atoms with Crippen molar-refractivity contribution < 1.29 is 13.9 Å². The Hall–Kier alpha value is -1.98. The normalized spacial score (nSPS) is 17.9. The van der Waals surface area contributed by atoms with Gasteiger partial charge in [0.25, 0.3) is 6.01 Å². The number of carbonyl (C=O) groups is 1.